The van der Waals surface area contributed by atoms with Crippen LogP contribution in [0.5, 0.6) is 0 Å². The lowest BCUT2D eigenvalue weighted by molar-refractivity contribution is 0.140. The summed E-state index contributed by atoms with van der Waals surface area (Å²) >= 11 is 0. The lowest BCUT2D eigenvalue weighted by Crippen LogP contribution is -2.11. The van der Waals surface area contributed by atoms with Crippen molar-refractivity contribution in [3.63, 3.8) is 0 Å². The van der Waals surface area contributed by atoms with Crippen LogP contribution in [-0.2, 0) is 0 Å². The zero-order chi connectivity index (χ0) is 8.55. The van der Waals surface area contributed by atoms with Gasteiger partial charge in [-0.3, -0.25) is 0 Å². The molecular formula is C11H16O. The van der Waals surface area contributed by atoms with Crippen LogP contribution in [-0.4, -0.2) is 11.2 Å². The van der Waals surface area contributed by atoms with E-state index in [1.807, 2.05) is 6.92 Å². The van der Waals surface area contributed by atoms with Crippen LogP contribution in [0.3, 0.4) is 0 Å². The second kappa shape index (κ2) is 3.11. The molecule has 0 amide bonds. The summed E-state index contributed by atoms with van der Waals surface area (Å²) in [6.45, 7) is 1.83. The number of aliphatic hydroxyl groups excluding tert-OH is 1. The van der Waals surface area contributed by atoms with Gasteiger partial charge in [-0.2, -0.15) is 0 Å². The van der Waals surface area contributed by atoms with E-state index in [9.17, 15) is 5.11 Å². The van der Waals surface area contributed by atoms with E-state index in [-0.39, 0.29) is 6.10 Å². The summed E-state index contributed by atoms with van der Waals surface area (Å²) in [6.07, 6.45) is 4.65. The summed E-state index contributed by atoms with van der Waals surface area (Å²) in [5.41, 5.74) is 0. The summed E-state index contributed by atoms with van der Waals surface area (Å²) < 4.78 is 0. The average Bonchev–Trinajstić information content (AvgIpc) is 2.56. The Labute approximate surface area is 74.2 Å². The van der Waals surface area contributed by atoms with E-state index < -0.39 is 0 Å². The largest absolute Gasteiger partial charge is 0.392 e. The van der Waals surface area contributed by atoms with Crippen molar-refractivity contribution in [1.29, 1.82) is 0 Å². The third-order valence-electron chi connectivity index (χ3n) is 3.41. The monoisotopic (exact) mass is 164 g/mol. The van der Waals surface area contributed by atoms with Crippen molar-refractivity contribution in [3.05, 3.63) is 0 Å². The van der Waals surface area contributed by atoms with Gasteiger partial charge in [0.1, 0.15) is 0 Å². The van der Waals surface area contributed by atoms with Gasteiger partial charge in [-0.25, -0.2) is 0 Å². The lowest BCUT2D eigenvalue weighted by atomic mass is 10.0. The number of rotatable bonds is 2. The average molecular weight is 164 g/mol. The summed E-state index contributed by atoms with van der Waals surface area (Å²) in [5.74, 6) is 8.13. The Balaban J connectivity index is 1.82. The highest BCUT2D eigenvalue weighted by atomic mass is 16.3. The maximum atomic E-state index is 9.72. The molecule has 2 fully saturated rings. The first-order valence-electron chi connectivity index (χ1n) is 4.92. The summed E-state index contributed by atoms with van der Waals surface area (Å²) in [7, 11) is 0. The molecule has 2 aliphatic carbocycles. The van der Waals surface area contributed by atoms with Crippen LogP contribution < -0.4 is 0 Å². The number of hydrogen-bond acceptors (Lipinski definition) is 1. The van der Waals surface area contributed by atoms with Crippen LogP contribution in [0.25, 0.3) is 0 Å². The van der Waals surface area contributed by atoms with Crippen molar-refractivity contribution >= 4 is 0 Å². The van der Waals surface area contributed by atoms with E-state index in [1.54, 1.807) is 0 Å². The van der Waals surface area contributed by atoms with E-state index in [2.05, 4.69) is 11.8 Å². The fourth-order valence-corrected chi connectivity index (χ4v) is 2.79. The molecule has 66 valence electrons. The van der Waals surface area contributed by atoms with Crippen LogP contribution in [0.1, 0.15) is 32.6 Å². The van der Waals surface area contributed by atoms with Crippen molar-refractivity contribution in [2.75, 3.05) is 0 Å². The van der Waals surface area contributed by atoms with Crippen LogP contribution >= 0.6 is 0 Å². The van der Waals surface area contributed by atoms with Crippen LogP contribution in [0, 0.1) is 29.6 Å². The van der Waals surface area contributed by atoms with Crippen LogP contribution in [0.4, 0.5) is 0 Å². The molecule has 1 heteroatoms. The number of hydrogen-bond donors (Lipinski definition) is 1. The SMILES string of the molecule is CC#CCC(O)C1C2CCCC21. The molecule has 2 rings (SSSR count). The predicted octanol–water partition coefficient (Wildman–Crippen LogP) is 1.81. The van der Waals surface area contributed by atoms with Crippen molar-refractivity contribution in [2.45, 2.75) is 38.7 Å². The highest BCUT2D eigenvalue weighted by molar-refractivity contribution is 5.07. The first kappa shape index (κ1) is 8.13. The van der Waals surface area contributed by atoms with Crippen molar-refractivity contribution < 1.29 is 5.11 Å². The zero-order valence-electron chi connectivity index (χ0n) is 7.59. The third kappa shape index (κ3) is 1.25. The van der Waals surface area contributed by atoms with E-state index in [4.69, 9.17) is 0 Å². The van der Waals surface area contributed by atoms with Gasteiger partial charge in [0.25, 0.3) is 0 Å². The van der Waals surface area contributed by atoms with Gasteiger partial charge in [0.2, 0.25) is 0 Å². The molecule has 0 aliphatic heterocycles. The molecule has 3 unspecified atom stereocenters. The van der Waals surface area contributed by atoms with E-state index >= 15 is 0 Å². The van der Waals surface area contributed by atoms with Gasteiger partial charge in [-0.05, 0) is 37.5 Å². The molecule has 1 N–H and O–H groups in total. The zero-order valence-corrected chi connectivity index (χ0v) is 7.59. The molecule has 2 aliphatic rings. The van der Waals surface area contributed by atoms with E-state index in [0.29, 0.717) is 12.3 Å². The Hall–Kier alpha value is -0.480. The minimum absolute atomic E-state index is 0.132. The molecule has 3 atom stereocenters. The van der Waals surface area contributed by atoms with Crippen molar-refractivity contribution in [1.82, 2.24) is 0 Å². The summed E-state index contributed by atoms with van der Waals surface area (Å²) in [5, 5.41) is 9.72. The van der Waals surface area contributed by atoms with Gasteiger partial charge in [0, 0.05) is 6.42 Å². The second-order valence-corrected chi connectivity index (χ2v) is 4.03. The molecule has 0 spiro atoms. The molecule has 0 aromatic heterocycles. The van der Waals surface area contributed by atoms with E-state index in [0.717, 1.165) is 11.8 Å². The van der Waals surface area contributed by atoms with Gasteiger partial charge in [-0.1, -0.05) is 6.42 Å². The predicted molar refractivity (Wildman–Crippen MR) is 48.4 cm³/mol. The molecule has 0 aromatic carbocycles. The minimum Gasteiger partial charge on any atom is -0.392 e. The topological polar surface area (TPSA) is 20.2 Å². The molecule has 2 saturated carbocycles. The first-order chi connectivity index (χ1) is 5.84. The summed E-state index contributed by atoms with van der Waals surface area (Å²) in [6, 6.07) is 0. The number of aliphatic hydroxyl groups is 1. The highest BCUT2D eigenvalue weighted by Gasteiger charge is 2.55. The Morgan fingerprint density at radius 2 is 2.08 bits per heavy atom. The standard InChI is InChI=1S/C11H16O/c1-2-3-7-10(12)11-8-5-4-6-9(8)11/h8-12H,4-7H2,1H3. The Morgan fingerprint density at radius 1 is 1.42 bits per heavy atom. The van der Waals surface area contributed by atoms with E-state index in [1.165, 1.54) is 19.3 Å². The fraction of sp³-hybridized carbons (Fsp3) is 0.818. The molecule has 0 bridgehead atoms. The molecule has 0 heterocycles. The Morgan fingerprint density at radius 3 is 2.67 bits per heavy atom. The minimum atomic E-state index is -0.132. The van der Waals surface area contributed by atoms with Gasteiger partial charge in [0.15, 0.2) is 0 Å². The quantitative estimate of drug-likeness (QED) is 0.617. The van der Waals surface area contributed by atoms with Crippen molar-refractivity contribution in [3.8, 4) is 11.8 Å². The Kier molecular flexibility index (Phi) is 2.11. The smallest absolute Gasteiger partial charge is 0.0683 e. The highest BCUT2D eigenvalue weighted by Crippen LogP contribution is 2.59. The van der Waals surface area contributed by atoms with Gasteiger partial charge < -0.3 is 5.11 Å². The second-order valence-electron chi connectivity index (χ2n) is 4.03. The molecule has 0 saturated heterocycles. The lowest BCUT2D eigenvalue weighted by Gasteiger charge is -2.08. The molecule has 1 nitrogen and oxygen atoms in total. The molecule has 12 heavy (non-hydrogen) atoms. The van der Waals surface area contributed by atoms with Crippen LogP contribution in [0.15, 0.2) is 0 Å². The maximum absolute atomic E-state index is 9.72. The summed E-state index contributed by atoms with van der Waals surface area (Å²) in [4.78, 5) is 0. The van der Waals surface area contributed by atoms with Crippen LogP contribution in [0.2, 0.25) is 0 Å². The first-order valence-corrected chi connectivity index (χ1v) is 4.92. The normalized spacial score (nSPS) is 39.7. The van der Waals surface area contributed by atoms with Crippen molar-refractivity contribution in [2.24, 2.45) is 17.8 Å². The van der Waals surface area contributed by atoms with Gasteiger partial charge >= 0.3 is 0 Å². The Bertz CT molecular complexity index is 213. The molecular weight excluding hydrogens is 148 g/mol. The molecule has 0 aromatic rings. The van der Waals surface area contributed by atoms with Gasteiger partial charge in [-0.15, -0.1) is 11.8 Å². The fourth-order valence-electron chi connectivity index (χ4n) is 2.79. The molecule has 0 radical (unpaired) electrons. The number of fused-ring (bicyclic) bond motifs is 1. The maximum Gasteiger partial charge on any atom is 0.0683 e. The third-order valence-corrected chi connectivity index (χ3v) is 3.41. The van der Waals surface area contributed by atoms with Gasteiger partial charge in [0.05, 0.1) is 6.10 Å².